The summed E-state index contributed by atoms with van der Waals surface area (Å²) in [4.78, 5) is 0. The second kappa shape index (κ2) is 9.32. The van der Waals surface area contributed by atoms with Gasteiger partial charge in [-0.15, -0.1) is 0 Å². The van der Waals surface area contributed by atoms with Crippen LogP contribution in [0, 0.1) is 5.82 Å². The molecule has 0 aromatic heterocycles. The minimum atomic E-state index is -0.226. The summed E-state index contributed by atoms with van der Waals surface area (Å²) < 4.78 is 13.5. The predicted molar refractivity (Wildman–Crippen MR) is 109 cm³/mol. The van der Waals surface area contributed by atoms with Crippen molar-refractivity contribution >= 4 is 0 Å². The molecule has 1 nitrogen and oxygen atoms in total. The Morgan fingerprint density at radius 2 is 1.46 bits per heavy atom. The van der Waals surface area contributed by atoms with Crippen molar-refractivity contribution in [3.05, 3.63) is 58.4 Å². The lowest BCUT2D eigenvalue weighted by atomic mass is 9.80. The lowest BCUT2D eigenvalue weighted by Crippen LogP contribution is -2.09. The lowest BCUT2D eigenvalue weighted by molar-refractivity contribution is 0.280. The standard InChI is InChI=1S/C24H33FO/c1-6-7-8-9-20-21(16(2)3)14-22(17(4)5)23(15-26)24(20)18-10-12-19(25)13-11-18/h10-14,16-17,26H,6-9,15H2,1-5H3. The Morgan fingerprint density at radius 3 is 1.96 bits per heavy atom. The number of hydrogen-bond donors (Lipinski definition) is 1. The fourth-order valence-electron chi connectivity index (χ4n) is 3.80. The highest BCUT2D eigenvalue weighted by molar-refractivity contribution is 5.74. The summed E-state index contributed by atoms with van der Waals surface area (Å²) in [5.41, 5.74) is 7.02. The average Bonchev–Trinajstić information content (AvgIpc) is 2.61. The van der Waals surface area contributed by atoms with E-state index in [1.54, 1.807) is 0 Å². The van der Waals surface area contributed by atoms with Crippen molar-refractivity contribution in [3.63, 3.8) is 0 Å². The Balaban J connectivity index is 2.77. The zero-order chi connectivity index (χ0) is 19.3. The van der Waals surface area contributed by atoms with Crippen LogP contribution in [0.2, 0.25) is 0 Å². The first-order chi connectivity index (χ1) is 12.4. The molecule has 2 aromatic carbocycles. The minimum Gasteiger partial charge on any atom is -0.392 e. The summed E-state index contributed by atoms with van der Waals surface area (Å²) in [5.74, 6) is 0.519. The maximum absolute atomic E-state index is 13.5. The van der Waals surface area contributed by atoms with E-state index in [1.165, 1.54) is 41.7 Å². The molecule has 0 amide bonds. The van der Waals surface area contributed by atoms with Crippen LogP contribution < -0.4 is 0 Å². The Hall–Kier alpha value is -1.67. The highest BCUT2D eigenvalue weighted by Gasteiger charge is 2.21. The van der Waals surface area contributed by atoms with Gasteiger partial charge in [-0.3, -0.25) is 0 Å². The van der Waals surface area contributed by atoms with Gasteiger partial charge in [0, 0.05) is 0 Å². The number of benzene rings is 2. The molecule has 0 aliphatic heterocycles. The summed E-state index contributed by atoms with van der Waals surface area (Å²) in [5, 5.41) is 10.2. The molecule has 0 bridgehead atoms. The molecule has 0 saturated carbocycles. The first-order valence-corrected chi connectivity index (χ1v) is 9.95. The van der Waals surface area contributed by atoms with E-state index in [2.05, 4.69) is 40.7 Å². The summed E-state index contributed by atoms with van der Waals surface area (Å²) in [6, 6.07) is 9.03. The number of unbranched alkanes of at least 4 members (excludes halogenated alkanes) is 2. The van der Waals surface area contributed by atoms with Crippen molar-refractivity contribution in [2.75, 3.05) is 0 Å². The second-order valence-electron chi connectivity index (χ2n) is 7.82. The summed E-state index contributed by atoms with van der Waals surface area (Å²) >= 11 is 0. The molecular weight excluding hydrogens is 323 g/mol. The molecule has 0 aliphatic carbocycles. The zero-order valence-electron chi connectivity index (χ0n) is 16.9. The van der Waals surface area contributed by atoms with Crippen molar-refractivity contribution < 1.29 is 9.50 Å². The van der Waals surface area contributed by atoms with E-state index in [1.807, 2.05) is 12.1 Å². The fourth-order valence-corrected chi connectivity index (χ4v) is 3.80. The van der Waals surface area contributed by atoms with E-state index in [9.17, 15) is 9.50 Å². The largest absolute Gasteiger partial charge is 0.392 e. The van der Waals surface area contributed by atoms with Crippen LogP contribution in [0.15, 0.2) is 30.3 Å². The van der Waals surface area contributed by atoms with Gasteiger partial charge in [-0.05, 0) is 70.2 Å². The number of aliphatic hydroxyl groups is 1. The number of aliphatic hydroxyl groups excluding tert-OH is 1. The predicted octanol–water partition coefficient (Wildman–Crippen LogP) is 6.96. The van der Waals surface area contributed by atoms with E-state index in [0.29, 0.717) is 11.8 Å². The highest BCUT2D eigenvalue weighted by Crippen LogP contribution is 2.39. The number of hydrogen-bond acceptors (Lipinski definition) is 1. The van der Waals surface area contributed by atoms with Gasteiger partial charge >= 0.3 is 0 Å². The topological polar surface area (TPSA) is 20.2 Å². The van der Waals surface area contributed by atoms with E-state index < -0.39 is 0 Å². The molecule has 0 fully saturated rings. The van der Waals surface area contributed by atoms with Crippen LogP contribution in [-0.2, 0) is 13.0 Å². The van der Waals surface area contributed by atoms with Crippen molar-refractivity contribution in [1.29, 1.82) is 0 Å². The van der Waals surface area contributed by atoms with Crippen molar-refractivity contribution in [2.45, 2.75) is 78.7 Å². The van der Waals surface area contributed by atoms with Crippen molar-refractivity contribution in [3.8, 4) is 11.1 Å². The molecule has 1 N–H and O–H groups in total. The molecule has 0 aliphatic rings. The first kappa shape index (κ1) is 20.6. The van der Waals surface area contributed by atoms with Gasteiger partial charge in [0.25, 0.3) is 0 Å². The van der Waals surface area contributed by atoms with Gasteiger partial charge in [0.15, 0.2) is 0 Å². The Labute approximate surface area is 158 Å². The van der Waals surface area contributed by atoms with E-state index in [4.69, 9.17) is 0 Å². The van der Waals surface area contributed by atoms with Gasteiger partial charge in [-0.2, -0.15) is 0 Å². The van der Waals surface area contributed by atoms with E-state index in [0.717, 1.165) is 29.5 Å². The highest BCUT2D eigenvalue weighted by atomic mass is 19.1. The van der Waals surface area contributed by atoms with Crippen LogP contribution in [0.5, 0.6) is 0 Å². The molecule has 2 rings (SSSR count). The third-order valence-corrected chi connectivity index (χ3v) is 5.18. The summed E-state index contributed by atoms with van der Waals surface area (Å²) in [7, 11) is 0. The molecule has 0 unspecified atom stereocenters. The molecule has 0 heterocycles. The third-order valence-electron chi connectivity index (χ3n) is 5.18. The zero-order valence-corrected chi connectivity index (χ0v) is 16.9. The normalized spacial score (nSPS) is 11.6. The van der Waals surface area contributed by atoms with Gasteiger partial charge in [-0.25, -0.2) is 4.39 Å². The SMILES string of the molecule is CCCCCc1c(C(C)C)cc(C(C)C)c(CO)c1-c1ccc(F)cc1. The molecular formula is C24H33FO. The molecule has 142 valence electrons. The van der Waals surface area contributed by atoms with Crippen LogP contribution in [-0.4, -0.2) is 5.11 Å². The molecule has 0 radical (unpaired) electrons. The number of halogens is 1. The van der Waals surface area contributed by atoms with Gasteiger partial charge in [-0.1, -0.05) is 65.7 Å². The molecule has 0 atom stereocenters. The van der Waals surface area contributed by atoms with Crippen molar-refractivity contribution in [2.24, 2.45) is 0 Å². The minimum absolute atomic E-state index is 0.0133. The third kappa shape index (κ3) is 4.54. The summed E-state index contributed by atoms with van der Waals surface area (Å²) in [6.45, 7) is 11.0. The molecule has 0 saturated heterocycles. The second-order valence-corrected chi connectivity index (χ2v) is 7.82. The van der Waals surface area contributed by atoms with Crippen molar-refractivity contribution in [1.82, 2.24) is 0 Å². The number of rotatable bonds is 8. The molecule has 26 heavy (non-hydrogen) atoms. The average molecular weight is 357 g/mol. The first-order valence-electron chi connectivity index (χ1n) is 9.95. The Bertz CT molecular complexity index is 714. The Morgan fingerprint density at radius 1 is 0.885 bits per heavy atom. The van der Waals surface area contributed by atoms with E-state index in [-0.39, 0.29) is 12.4 Å². The monoisotopic (exact) mass is 356 g/mol. The van der Waals surface area contributed by atoms with Crippen LogP contribution in [0.1, 0.15) is 88.0 Å². The molecule has 2 aromatic rings. The van der Waals surface area contributed by atoms with Crippen LogP contribution in [0.4, 0.5) is 4.39 Å². The summed E-state index contributed by atoms with van der Waals surface area (Å²) in [6.07, 6.45) is 4.51. The van der Waals surface area contributed by atoms with Gasteiger partial charge in [0.2, 0.25) is 0 Å². The maximum Gasteiger partial charge on any atom is 0.123 e. The van der Waals surface area contributed by atoms with Gasteiger partial charge in [0.05, 0.1) is 6.61 Å². The fraction of sp³-hybridized carbons (Fsp3) is 0.500. The quantitative estimate of drug-likeness (QED) is 0.507. The Kier molecular flexibility index (Phi) is 7.40. The van der Waals surface area contributed by atoms with Gasteiger partial charge < -0.3 is 5.11 Å². The van der Waals surface area contributed by atoms with E-state index >= 15 is 0 Å². The molecule has 0 spiro atoms. The maximum atomic E-state index is 13.5. The lowest BCUT2D eigenvalue weighted by Gasteiger charge is -2.25. The molecule has 2 heteroatoms. The van der Waals surface area contributed by atoms with Crippen LogP contribution in [0.25, 0.3) is 11.1 Å². The van der Waals surface area contributed by atoms with Crippen LogP contribution in [0.3, 0.4) is 0 Å². The smallest absolute Gasteiger partial charge is 0.123 e. The van der Waals surface area contributed by atoms with Gasteiger partial charge in [0.1, 0.15) is 5.82 Å². The van der Waals surface area contributed by atoms with Crippen LogP contribution >= 0.6 is 0 Å².